The second-order valence-corrected chi connectivity index (χ2v) is 4.97. The van der Waals surface area contributed by atoms with Gasteiger partial charge in [-0.15, -0.1) is 0 Å². The topological polar surface area (TPSA) is 42.6 Å². The fraction of sp³-hybridized carbons (Fsp3) is 0.429. The second kappa shape index (κ2) is 3.50. The van der Waals surface area contributed by atoms with E-state index in [4.69, 9.17) is 9.15 Å². The first-order chi connectivity index (χ1) is 8.09. The fourth-order valence-corrected chi connectivity index (χ4v) is 2.26. The average Bonchev–Trinajstić information content (AvgIpc) is 2.86. The molecule has 1 saturated carbocycles. The number of aliphatic hydroxyl groups is 1. The molecule has 0 amide bonds. The molecule has 3 rings (SSSR count). The largest absolute Gasteiger partial charge is 0.493 e. The molecule has 1 fully saturated rings. The molecule has 1 aliphatic rings. The maximum absolute atomic E-state index is 9.96. The number of fused-ring (bicyclic) bond motifs is 1. The third-order valence-corrected chi connectivity index (χ3v) is 3.35. The number of aryl methyl sites for hydroxylation is 1. The van der Waals surface area contributed by atoms with Crippen molar-refractivity contribution in [3.63, 3.8) is 0 Å². The van der Waals surface area contributed by atoms with Gasteiger partial charge in [0.2, 0.25) is 0 Å². The van der Waals surface area contributed by atoms with E-state index in [0.29, 0.717) is 6.42 Å². The van der Waals surface area contributed by atoms with Crippen LogP contribution in [0.1, 0.15) is 24.2 Å². The van der Waals surface area contributed by atoms with Crippen LogP contribution < -0.4 is 4.74 Å². The Morgan fingerprint density at radius 1 is 1.35 bits per heavy atom. The molecule has 1 aromatic heterocycles. The first kappa shape index (κ1) is 10.7. The summed E-state index contributed by atoms with van der Waals surface area (Å²) in [5.74, 6) is 1.62. The zero-order valence-electron chi connectivity index (χ0n) is 10.1. The van der Waals surface area contributed by atoms with E-state index in [-0.39, 0.29) is 0 Å². The van der Waals surface area contributed by atoms with Gasteiger partial charge in [-0.2, -0.15) is 0 Å². The lowest BCUT2D eigenvalue weighted by atomic mass is 10.0. The molecule has 0 aliphatic heterocycles. The molecule has 90 valence electrons. The SMILES string of the molecule is COc1cc(CC2(O)CC2)cc2cc(C)oc12. The molecule has 0 bridgehead atoms. The summed E-state index contributed by atoms with van der Waals surface area (Å²) in [7, 11) is 1.64. The van der Waals surface area contributed by atoms with E-state index < -0.39 is 5.60 Å². The zero-order valence-corrected chi connectivity index (χ0v) is 10.1. The number of hydrogen-bond acceptors (Lipinski definition) is 3. The summed E-state index contributed by atoms with van der Waals surface area (Å²) < 4.78 is 10.9. The molecule has 2 aromatic rings. The number of benzene rings is 1. The van der Waals surface area contributed by atoms with Gasteiger partial charge in [0.1, 0.15) is 5.76 Å². The Balaban J connectivity index is 2.07. The predicted molar refractivity (Wildman–Crippen MR) is 65.4 cm³/mol. The summed E-state index contributed by atoms with van der Waals surface area (Å²) in [6, 6.07) is 6.03. The van der Waals surface area contributed by atoms with E-state index in [1.165, 1.54) is 0 Å². The van der Waals surface area contributed by atoms with Gasteiger partial charge in [0.15, 0.2) is 11.3 Å². The Labute approximate surface area is 100.0 Å². The Bertz CT molecular complexity index is 564. The minimum Gasteiger partial charge on any atom is -0.493 e. The van der Waals surface area contributed by atoms with Crippen LogP contribution in [-0.2, 0) is 6.42 Å². The molecular formula is C14H16O3. The van der Waals surface area contributed by atoms with Crippen LogP contribution in [0.5, 0.6) is 5.75 Å². The first-order valence-corrected chi connectivity index (χ1v) is 5.89. The number of hydrogen-bond donors (Lipinski definition) is 1. The average molecular weight is 232 g/mol. The quantitative estimate of drug-likeness (QED) is 0.884. The van der Waals surface area contributed by atoms with E-state index in [9.17, 15) is 5.11 Å². The summed E-state index contributed by atoms with van der Waals surface area (Å²) in [6.45, 7) is 1.92. The van der Waals surface area contributed by atoms with Gasteiger partial charge in [0.25, 0.3) is 0 Å². The van der Waals surface area contributed by atoms with Crippen LogP contribution in [0.15, 0.2) is 22.6 Å². The molecule has 1 heterocycles. The summed E-state index contributed by atoms with van der Waals surface area (Å²) in [5.41, 5.74) is 1.42. The monoisotopic (exact) mass is 232 g/mol. The minimum atomic E-state index is -0.475. The molecule has 1 N–H and O–H groups in total. The van der Waals surface area contributed by atoms with Gasteiger partial charge in [-0.25, -0.2) is 0 Å². The Morgan fingerprint density at radius 3 is 2.76 bits per heavy atom. The van der Waals surface area contributed by atoms with E-state index in [1.807, 2.05) is 19.1 Å². The van der Waals surface area contributed by atoms with E-state index in [2.05, 4.69) is 6.07 Å². The molecule has 3 nitrogen and oxygen atoms in total. The molecule has 0 unspecified atom stereocenters. The van der Waals surface area contributed by atoms with Crippen LogP contribution in [0.4, 0.5) is 0 Å². The third kappa shape index (κ3) is 1.91. The van der Waals surface area contributed by atoms with E-state index in [0.717, 1.165) is 40.9 Å². The van der Waals surface area contributed by atoms with Crippen LogP contribution in [0.2, 0.25) is 0 Å². The maximum atomic E-state index is 9.96. The van der Waals surface area contributed by atoms with Crippen LogP contribution in [0, 0.1) is 6.92 Å². The van der Waals surface area contributed by atoms with Crippen molar-refractivity contribution in [2.24, 2.45) is 0 Å². The molecule has 1 aliphatic carbocycles. The van der Waals surface area contributed by atoms with Gasteiger partial charge in [-0.05, 0) is 43.5 Å². The lowest BCUT2D eigenvalue weighted by molar-refractivity contribution is 0.151. The number of furan rings is 1. The number of ether oxygens (including phenoxy) is 1. The van der Waals surface area contributed by atoms with Crippen molar-refractivity contribution in [2.75, 3.05) is 7.11 Å². The fourth-order valence-electron chi connectivity index (χ4n) is 2.26. The molecular weight excluding hydrogens is 216 g/mol. The van der Waals surface area contributed by atoms with Crippen LogP contribution in [-0.4, -0.2) is 17.8 Å². The van der Waals surface area contributed by atoms with Gasteiger partial charge in [0.05, 0.1) is 12.7 Å². The number of rotatable bonds is 3. The third-order valence-electron chi connectivity index (χ3n) is 3.35. The maximum Gasteiger partial charge on any atom is 0.176 e. The molecule has 3 heteroatoms. The number of methoxy groups -OCH3 is 1. The van der Waals surface area contributed by atoms with Crippen molar-refractivity contribution < 1.29 is 14.3 Å². The van der Waals surface area contributed by atoms with Crippen molar-refractivity contribution >= 4 is 11.0 Å². The standard InChI is InChI=1S/C14H16O3/c1-9-5-11-6-10(8-14(15)3-4-14)7-12(16-2)13(11)17-9/h5-7,15H,3-4,8H2,1-2H3. The minimum absolute atomic E-state index is 0.475. The van der Waals surface area contributed by atoms with Gasteiger partial charge in [0, 0.05) is 11.8 Å². The lowest BCUT2D eigenvalue weighted by Crippen LogP contribution is -2.10. The highest BCUT2D eigenvalue weighted by molar-refractivity contribution is 5.84. The highest BCUT2D eigenvalue weighted by Gasteiger charge is 2.40. The van der Waals surface area contributed by atoms with Crippen molar-refractivity contribution in [1.82, 2.24) is 0 Å². The first-order valence-electron chi connectivity index (χ1n) is 5.89. The molecule has 0 radical (unpaired) electrons. The Kier molecular flexibility index (Phi) is 2.20. The Hall–Kier alpha value is -1.48. The van der Waals surface area contributed by atoms with Crippen molar-refractivity contribution in [3.05, 3.63) is 29.5 Å². The summed E-state index contributed by atoms with van der Waals surface area (Å²) in [5, 5.41) is 11.0. The summed E-state index contributed by atoms with van der Waals surface area (Å²) in [4.78, 5) is 0. The van der Waals surface area contributed by atoms with Crippen molar-refractivity contribution in [1.29, 1.82) is 0 Å². The molecule has 0 saturated heterocycles. The Morgan fingerprint density at radius 2 is 2.12 bits per heavy atom. The highest BCUT2D eigenvalue weighted by Crippen LogP contribution is 2.40. The summed E-state index contributed by atoms with van der Waals surface area (Å²) >= 11 is 0. The van der Waals surface area contributed by atoms with Crippen LogP contribution in [0.25, 0.3) is 11.0 Å². The van der Waals surface area contributed by atoms with Gasteiger partial charge in [-0.3, -0.25) is 0 Å². The van der Waals surface area contributed by atoms with Crippen molar-refractivity contribution in [2.45, 2.75) is 31.8 Å². The zero-order chi connectivity index (χ0) is 12.0. The second-order valence-electron chi connectivity index (χ2n) is 4.97. The van der Waals surface area contributed by atoms with Gasteiger partial charge < -0.3 is 14.3 Å². The smallest absolute Gasteiger partial charge is 0.176 e. The molecule has 0 atom stereocenters. The van der Waals surface area contributed by atoms with E-state index >= 15 is 0 Å². The van der Waals surface area contributed by atoms with Crippen LogP contribution in [0.3, 0.4) is 0 Å². The van der Waals surface area contributed by atoms with Crippen molar-refractivity contribution in [3.8, 4) is 5.75 Å². The van der Waals surface area contributed by atoms with Gasteiger partial charge >= 0.3 is 0 Å². The van der Waals surface area contributed by atoms with Gasteiger partial charge in [-0.1, -0.05) is 0 Å². The lowest BCUT2D eigenvalue weighted by Gasteiger charge is -2.09. The highest BCUT2D eigenvalue weighted by atomic mass is 16.5. The molecule has 0 spiro atoms. The molecule has 1 aromatic carbocycles. The molecule has 17 heavy (non-hydrogen) atoms. The normalized spacial score (nSPS) is 17.4. The van der Waals surface area contributed by atoms with Crippen LogP contribution >= 0.6 is 0 Å². The summed E-state index contributed by atoms with van der Waals surface area (Å²) in [6.07, 6.45) is 2.50. The predicted octanol–water partition coefficient (Wildman–Crippen LogP) is 2.82. The van der Waals surface area contributed by atoms with E-state index in [1.54, 1.807) is 7.11 Å².